The van der Waals surface area contributed by atoms with Crippen LogP contribution in [-0.4, -0.2) is 36.2 Å². The van der Waals surface area contributed by atoms with Crippen molar-refractivity contribution in [3.8, 4) is 0 Å². The molecule has 5 heteroatoms. The zero-order chi connectivity index (χ0) is 12.4. The minimum atomic E-state index is -0.847. The molecule has 1 amide bonds. The van der Waals surface area contributed by atoms with Gasteiger partial charge < -0.3 is 15.2 Å². The van der Waals surface area contributed by atoms with E-state index < -0.39 is 5.97 Å². The minimum Gasteiger partial charge on any atom is -0.481 e. The largest absolute Gasteiger partial charge is 0.481 e. The summed E-state index contributed by atoms with van der Waals surface area (Å²) >= 11 is 0. The van der Waals surface area contributed by atoms with Gasteiger partial charge in [-0.05, 0) is 19.8 Å². The lowest BCUT2D eigenvalue weighted by molar-refractivity contribution is -0.137. The predicted octanol–water partition coefficient (Wildman–Crippen LogP) is 1.17. The smallest absolute Gasteiger partial charge is 0.303 e. The van der Waals surface area contributed by atoms with Crippen molar-refractivity contribution >= 4 is 11.9 Å². The number of hydrogen-bond acceptors (Lipinski definition) is 3. The number of carboxylic acids is 1. The van der Waals surface area contributed by atoms with Crippen molar-refractivity contribution in [1.82, 2.24) is 5.32 Å². The molecule has 0 aliphatic carbocycles. The van der Waals surface area contributed by atoms with Gasteiger partial charge in [-0.25, -0.2) is 0 Å². The second-order valence-corrected chi connectivity index (χ2v) is 3.81. The molecule has 2 N–H and O–H groups in total. The molecular weight excluding hydrogens is 210 g/mol. The minimum absolute atomic E-state index is 0.0530. The highest BCUT2D eigenvalue weighted by Crippen LogP contribution is 1.96. The van der Waals surface area contributed by atoms with Gasteiger partial charge in [0.25, 0.3) is 0 Å². The van der Waals surface area contributed by atoms with Crippen molar-refractivity contribution in [2.75, 3.05) is 13.2 Å². The number of unbranched alkanes of at least 4 members (excludes halogenated alkanes) is 1. The summed E-state index contributed by atoms with van der Waals surface area (Å²) in [6, 6.07) is -0.127. The maximum atomic E-state index is 11.3. The molecule has 0 aromatic rings. The van der Waals surface area contributed by atoms with Gasteiger partial charge in [0.1, 0.15) is 6.61 Å². The molecule has 1 atom stereocenters. The molecule has 0 aliphatic heterocycles. The van der Waals surface area contributed by atoms with Crippen LogP contribution >= 0.6 is 0 Å². The van der Waals surface area contributed by atoms with Crippen molar-refractivity contribution < 1.29 is 19.4 Å². The van der Waals surface area contributed by atoms with Crippen molar-refractivity contribution in [1.29, 1.82) is 0 Å². The summed E-state index contributed by atoms with van der Waals surface area (Å²) in [5.41, 5.74) is 0. The second kappa shape index (κ2) is 9.15. The number of carbonyl (C=O) groups is 2. The van der Waals surface area contributed by atoms with E-state index in [1.165, 1.54) is 0 Å². The third kappa shape index (κ3) is 9.45. The van der Waals surface area contributed by atoms with Gasteiger partial charge in [0.2, 0.25) is 5.91 Å². The SMILES string of the molecule is CCCCOCC(=O)NC(C)CCC(=O)O. The lowest BCUT2D eigenvalue weighted by atomic mass is 10.2. The first-order valence-electron chi connectivity index (χ1n) is 5.65. The second-order valence-electron chi connectivity index (χ2n) is 3.81. The fourth-order valence-corrected chi connectivity index (χ4v) is 1.14. The maximum Gasteiger partial charge on any atom is 0.303 e. The van der Waals surface area contributed by atoms with Gasteiger partial charge >= 0.3 is 5.97 Å². The fourth-order valence-electron chi connectivity index (χ4n) is 1.14. The summed E-state index contributed by atoms with van der Waals surface area (Å²) in [7, 11) is 0. The van der Waals surface area contributed by atoms with Gasteiger partial charge in [0.05, 0.1) is 0 Å². The van der Waals surface area contributed by atoms with E-state index in [2.05, 4.69) is 12.2 Å². The van der Waals surface area contributed by atoms with E-state index in [-0.39, 0.29) is 25.0 Å². The van der Waals surface area contributed by atoms with Crippen LogP contribution in [0.3, 0.4) is 0 Å². The molecule has 0 fully saturated rings. The summed E-state index contributed by atoms with van der Waals surface area (Å²) in [5.74, 6) is -1.03. The Balaban J connectivity index is 3.50. The normalized spacial score (nSPS) is 12.1. The van der Waals surface area contributed by atoms with Crippen LogP contribution in [0.4, 0.5) is 0 Å². The maximum absolute atomic E-state index is 11.3. The van der Waals surface area contributed by atoms with Gasteiger partial charge in [0, 0.05) is 19.1 Å². The summed E-state index contributed by atoms with van der Waals surface area (Å²) in [5, 5.41) is 11.1. The first kappa shape index (κ1) is 14.9. The van der Waals surface area contributed by atoms with Crippen LogP contribution in [0.2, 0.25) is 0 Å². The van der Waals surface area contributed by atoms with Crippen molar-refractivity contribution in [2.24, 2.45) is 0 Å². The zero-order valence-corrected chi connectivity index (χ0v) is 9.99. The lowest BCUT2D eigenvalue weighted by Crippen LogP contribution is -2.35. The molecule has 0 rings (SSSR count). The fraction of sp³-hybridized carbons (Fsp3) is 0.818. The molecule has 0 saturated heterocycles. The number of carboxylic acid groups (broad SMARTS) is 1. The first-order chi connectivity index (χ1) is 7.56. The molecule has 0 bridgehead atoms. The van der Waals surface area contributed by atoms with E-state index in [4.69, 9.17) is 9.84 Å². The number of carbonyl (C=O) groups excluding carboxylic acids is 1. The third-order valence-electron chi connectivity index (χ3n) is 2.07. The van der Waals surface area contributed by atoms with Crippen LogP contribution in [0, 0.1) is 0 Å². The van der Waals surface area contributed by atoms with Crippen LogP contribution in [0.1, 0.15) is 39.5 Å². The van der Waals surface area contributed by atoms with E-state index >= 15 is 0 Å². The van der Waals surface area contributed by atoms with E-state index in [1.54, 1.807) is 6.92 Å². The number of ether oxygens (including phenoxy) is 1. The Labute approximate surface area is 96.2 Å². The van der Waals surface area contributed by atoms with Crippen molar-refractivity contribution in [3.05, 3.63) is 0 Å². The Morgan fingerprint density at radius 3 is 2.69 bits per heavy atom. The number of hydrogen-bond donors (Lipinski definition) is 2. The highest BCUT2D eigenvalue weighted by Gasteiger charge is 2.08. The molecular formula is C11H21NO4. The molecule has 0 aromatic heterocycles. The average Bonchev–Trinajstić information content (AvgIpc) is 2.21. The van der Waals surface area contributed by atoms with Crippen molar-refractivity contribution in [3.63, 3.8) is 0 Å². The van der Waals surface area contributed by atoms with E-state index in [0.717, 1.165) is 12.8 Å². The number of nitrogens with one attached hydrogen (secondary N) is 1. The van der Waals surface area contributed by atoms with Crippen molar-refractivity contribution in [2.45, 2.75) is 45.6 Å². The van der Waals surface area contributed by atoms with Crippen LogP contribution in [-0.2, 0) is 14.3 Å². The predicted molar refractivity (Wildman–Crippen MR) is 60.2 cm³/mol. The number of amides is 1. The number of aliphatic carboxylic acids is 1. The van der Waals surface area contributed by atoms with Crippen LogP contribution < -0.4 is 5.32 Å². The summed E-state index contributed by atoms with van der Waals surface area (Å²) < 4.78 is 5.13. The van der Waals surface area contributed by atoms with E-state index in [9.17, 15) is 9.59 Å². The van der Waals surface area contributed by atoms with Gasteiger partial charge in [-0.3, -0.25) is 9.59 Å². The van der Waals surface area contributed by atoms with Gasteiger partial charge in [-0.15, -0.1) is 0 Å². The molecule has 0 aromatic carbocycles. The third-order valence-corrected chi connectivity index (χ3v) is 2.07. The Bertz CT molecular complexity index is 218. The zero-order valence-electron chi connectivity index (χ0n) is 9.99. The van der Waals surface area contributed by atoms with Crippen LogP contribution in [0.25, 0.3) is 0 Å². The molecule has 0 aliphatic rings. The van der Waals surface area contributed by atoms with Gasteiger partial charge in [0.15, 0.2) is 0 Å². The number of rotatable bonds is 9. The summed E-state index contributed by atoms with van der Waals surface area (Å²) in [6.07, 6.45) is 2.49. The Morgan fingerprint density at radius 2 is 2.12 bits per heavy atom. The highest BCUT2D eigenvalue weighted by molar-refractivity contribution is 5.77. The molecule has 16 heavy (non-hydrogen) atoms. The lowest BCUT2D eigenvalue weighted by Gasteiger charge is -2.12. The Morgan fingerprint density at radius 1 is 1.44 bits per heavy atom. The molecule has 0 heterocycles. The quantitative estimate of drug-likeness (QED) is 0.584. The Hall–Kier alpha value is -1.10. The average molecular weight is 231 g/mol. The molecule has 0 radical (unpaired) electrons. The topological polar surface area (TPSA) is 75.6 Å². The van der Waals surface area contributed by atoms with Gasteiger partial charge in [-0.2, -0.15) is 0 Å². The van der Waals surface area contributed by atoms with E-state index in [1.807, 2.05) is 0 Å². The van der Waals surface area contributed by atoms with E-state index in [0.29, 0.717) is 13.0 Å². The first-order valence-corrected chi connectivity index (χ1v) is 5.65. The monoisotopic (exact) mass is 231 g/mol. The Kier molecular flexibility index (Phi) is 8.52. The van der Waals surface area contributed by atoms with Gasteiger partial charge in [-0.1, -0.05) is 13.3 Å². The summed E-state index contributed by atoms with van der Waals surface area (Å²) in [4.78, 5) is 21.6. The van der Waals surface area contributed by atoms with Crippen LogP contribution in [0.15, 0.2) is 0 Å². The highest BCUT2D eigenvalue weighted by atomic mass is 16.5. The molecule has 0 spiro atoms. The molecule has 94 valence electrons. The molecule has 1 unspecified atom stereocenters. The molecule has 5 nitrogen and oxygen atoms in total. The summed E-state index contributed by atoms with van der Waals surface area (Å²) in [6.45, 7) is 4.48. The van der Waals surface area contributed by atoms with Crippen LogP contribution in [0.5, 0.6) is 0 Å². The molecule has 0 saturated carbocycles. The standard InChI is InChI=1S/C11H21NO4/c1-3-4-7-16-8-10(13)12-9(2)5-6-11(14)15/h9H,3-8H2,1-2H3,(H,12,13)(H,14,15).